The van der Waals surface area contributed by atoms with Gasteiger partial charge in [0.2, 0.25) is 0 Å². The van der Waals surface area contributed by atoms with Crippen molar-refractivity contribution in [1.29, 1.82) is 0 Å². The van der Waals surface area contributed by atoms with E-state index in [1.165, 1.54) is 0 Å². The quantitative estimate of drug-likeness (QED) is 0.419. The van der Waals surface area contributed by atoms with E-state index in [0.717, 1.165) is 0 Å². The van der Waals surface area contributed by atoms with Crippen LogP contribution in [-0.2, 0) is 0 Å². The molecule has 0 aromatic rings. The van der Waals surface area contributed by atoms with Gasteiger partial charge in [-0.15, -0.1) is 0 Å². The van der Waals surface area contributed by atoms with E-state index >= 15 is 0 Å². The van der Waals surface area contributed by atoms with Crippen LogP contribution < -0.4 is 0 Å². The fourth-order valence-corrected chi connectivity index (χ4v) is 0.348. The molecular weight excluding hydrogens is 128 g/mol. The molecule has 0 fully saturated rings. The summed E-state index contributed by atoms with van der Waals surface area (Å²) < 4.78 is 0. The highest BCUT2D eigenvalue weighted by molar-refractivity contribution is 5.19. The smallest absolute Gasteiger partial charge is 0.104 e. The van der Waals surface area contributed by atoms with Gasteiger partial charge >= 0.3 is 0 Å². The Kier molecular flexibility index (Phi) is 7.13. The van der Waals surface area contributed by atoms with E-state index in [4.69, 9.17) is 10.2 Å². The monoisotopic (exact) mass is 138 g/mol. The minimum Gasteiger partial charge on any atom is -0.392 e. The van der Waals surface area contributed by atoms with Crippen molar-refractivity contribution in [3.8, 4) is 11.8 Å². The van der Waals surface area contributed by atoms with E-state index in [0.29, 0.717) is 0 Å². The molecular formula is C8H10O2. The topological polar surface area (TPSA) is 40.5 Å². The van der Waals surface area contributed by atoms with Crippen LogP contribution in [0.2, 0.25) is 0 Å². The van der Waals surface area contributed by atoms with Gasteiger partial charge in [-0.1, -0.05) is 30.1 Å². The molecule has 0 heterocycles. The van der Waals surface area contributed by atoms with Crippen LogP contribution >= 0.6 is 0 Å². The maximum Gasteiger partial charge on any atom is 0.104 e. The Labute approximate surface area is 60.5 Å². The highest BCUT2D eigenvalue weighted by Crippen LogP contribution is 1.73. The van der Waals surface area contributed by atoms with Crippen LogP contribution in [-0.4, -0.2) is 23.4 Å². The van der Waals surface area contributed by atoms with E-state index < -0.39 is 0 Å². The normalized spacial score (nSPS) is 10.2. The average Bonchev–Trinajstić information content (AvgIpc) is 1.97. The molecule has 10 heavy (non-hydrogen) atoms. The second kappa shape index (κ2) is 7.96. The third-order valence-corrected chi connectivity index (χ3v) is 0.713. The predicted molar refractivity (Wildman–Crippen MR) is 40.2 cm³/mol. The molecule has 0 saturated carbocycles. The lowest BCUT2D eigenvalue weighted by Gasteiger charge is -1.72. The fraction of sp³-hybridized carbons (Fsp3) is 0.250. The highest BCUT2D eigenvalue weighted by atomic mass is 16.3. The summed E-state index contributed by atoms with van der Waals surface area (Å²) >= 11 is 0. The van der Waals surface area contributed by atoms with Crippen molar-refractivity contribution >= 4 is 0 Å². The van der Waals surface area contributed by atoms with Crippen LogP contribution in [0, 0.1) is 11.8 Å². The maximum atomic E-state index is 8.27. The van der Waals surface area contributed by atoms with Crippen molar-refractivity contribution in [2.24, 2.45) is 0 Å². The summed E-state index contributed by atoms with van der Waals surface area (Å²) in [5.74, 6) is 5.03. The maximum absolute atomic E-state index is 8.27. The number of aliphatic hydroxyl groups excluding tert-OH is 2. The molecule has 0 aliphatic rings. The second-order valence-electron chi connectivity index (χ2n) is 1.45. The van der Waals surface area contributed by atoms with Crippen molar-refractivity contribution in [2.45, 2.75) is 0 Å². The summed E-state index contributed by atoms with van der Waals surface area (Å²) in [4.78, 5) is 0. The standard InChI is InChI=1S/C8H10O2/c9-7-5-3-1-2-4-6-8-10/h1-3,5,9-10H,7-8H2/b2-1+,5-3+. The first-order chi connectivity index (χ1) is 4.91. The van der Waals surface area contributed by atoms with Crippen molar-refractivity contribution in [2.75, 3.05) is 13.2 Å². The third-order valence-electron chi connectivity index (χ3n) is 0.713. The van der Waals surface area contributed by atoms with Crippen LogP contribution in [0.4, 0.5) is 0 Å². The largest absolute Gasteiger partial charge is 0.392 e. The van der Waals surface area contributed by atoms with Crippen LogP contribution in [0.15, 0.2) is 24.3 Å². The van der Waals surface area contributed by atoms with Gasteiger partial charge in [0.05, 0.1) is 6.61 Å². The van der Waals surface area contributed by atoms with Crippen LogP contribution in [0.1, 0.15) is 0 Å². The van der Waals surface area contributed by atoms with Crippen LogP contribution in [0.3, 0.4) is 0 Å². The molecule has 0 atom stereocenters. The van der Waals surface area contributed by atoms with Crippen molar-refractivity contribution in [1.82, 2.24) is 0 Å². The lowest BCUT2D eigenvalue weighted by molar-refractivity contribution is 0.342. The van der Waals surface area contributed by atoms with E-state index in [2.05, 4.69) is 11.8 Å². The molecule has 0 spiro atoms. The Balaban J connectivity index is 3.46. The van der Waals surface area contributed by atoms with Crippen molar-refractivity contribution in [3.05, 3.63) is 24.3 Å². The van der Waals surface area contributed by atoms with Gasteiger partial charge in [0.25, 0.3) is 0 Å². The molecule has 0 radical (unpaired) electrons. The highest BCUT2D eigenvalue weighted by Gasteiger charge is 1.62. The fourth-order valence-electron chi connectivity index (χ4n) is 0.348. The Morgan fingerprint density at radius 2 is 2.00 bits per heavy atom. The number of hydrogen-bond donors (Lipinski definition) is 2. The summed E-state index contributed by atoms with van der Waals surface area (Å²) in [6, 6.07) is 0. The number of aliphatic hydroxyl groups is 2. The van der Waals surface area contributed by atoms with Crippen molar-refractivity contribution < 1.29 is 10.2 Å². The minimum absolute atomic E-state index is 0.0395. The van der Waals surface area contributed by atoms with E-state index in [-0.39, 0.29) is 13.2 Å². The molecule has 0 saturated heterocycles. The summed E-state index contributed by atoms with van der Waals surface area (Å²) in [5, 5.41) is 16.5. The first-order valence-electron chi connectivity index (χ1n) is 2.93. The molecule has 0 rings (SSSR count). The molecule has 0 aromatic heterocycles. The SMILES string of the molecule is OCC#C/C=C/C=C/CO. The Morgan fingerprint density at radius 3 is 2.60 bits per heavy atom. The zero-order valence-corrected chi connectivity index (χ0v) is 5.62. The van der Waals surface area contributed by atoms with Gasteiger partial charge in [-0.25, -0.2) is 0 Å². The molecule has 2 N–H and O–H groups in total. The summed E-state index contributed by atoms with van der Waals surface area (Å²) in [5.41, 5.74) is 0. The summed E-state index contributed by atoms with van der Waals surface area (Å²) in [6.45, 7) is -0.0776. The van der Waals surface area contributed by atoms with Crippen LogP contribution in [0.5, 0.6) is 0 Å². The lowest BCUT2D eigenvalue weighted by atomic mass is 10.4. The number of hydrogen-bond acceptors (Lipinski definition) is 2. The molecule has 0 aromatic carbocycles. The van der Waals surface area contributed by atoms with E-state index in [9.17, 15) is 0 Å². The lowest BCUT2D eigenvalue weighted by Crippen LogP contribution is -1.69. The summed E-state index contributed by atoms with van der Waals surface area (Å²) in [7, 11) is 0. The van der Waals surface area contributed by atoms with E-state index in [1.54, 1.807) is 24.3 Å². The third kappa shape index (κ3) is 6.96. The second-order valence-corrected chi connectivity index (χ2v) is 1.45. The Bertz CT molecular complexity index is 169. The molecule has 0 amide bonds. The molecule has 0 aliphatic carbocycles. The molecule has 54 valence electrons. The van der Waals surface area contributed by atoms with Gasteiger partial charge < -0.3 is 10.2 Å². The van der Waals surface area contributed by atoms with Crippen LogP contribution in [0.25, 0.3) is 0 Å². The van der Waals surface area contributed by atoms with Crippen molar-refractivity contribution in [3.63, 3.8) is 0 Å². The summed E-state index contributed by atoms with van der Waals surface area (Å²) in [6.07, 6.45) is 6.57. The van der Waals surface area contributed by atoms with Gasteiger partial charge in [0.1, 0.15) is 6.61 Å². The molecule has 2 nitrogen and oxygen atoms in total. The number of rotatable bonds is 2. The zero-order chi connectivity index (χ0) is 7.66. The number of allylic oxidation sites excluding steroid dienone is 3. The Morgan fingerprint density at radius 1 is 1.20 bits per heavy atom. The molecule has 0 aliphatic heterocycles. The first kappa shape index (κ1) is 8.96. The van der Waals surface area contributed by atoms with Gasteiger partial charge in [-0.2, -0.15) is 0 Å². The molecule has 0 unspecified atom stereocenters. The van der Waals surface area contributed by atoms with E-state index in [1.807, 2.05) is 0 Å². The zero-order valence-electron chi connectivity index (χ0n) is 5.62. The van der Waals surface area contributed by atoms with Gasteiger partial charge in [0.15, 0.2) is 0 Å². The average molecular weight is 138 g/mol. The van der Waals surface area contributed by atoms with Gasteiger partial charge in [-0.3, -0.25) is 0 Å². The molecule has 2 heteroatoms. The first-order valence-corrected chi connectivity index (χ1v) is 2.93. The molecule has 0 bridgehead atoms. The van der Waals surface area contributed by atoms with Gasteiger partial charge in [-0.05, 0) is 6.08 Å². The predicted octanol–water partition coefficient (Wildman–Crippen LogP) is 0.0868. The van der Waals surface area contributed by atoms with Gasteiger partial charge in [0, 0.05) is 0 Å². The Hall–Kier alpha value is -1.04. The minimum atomic E-state index is -0.117.